The lowest BCUT2D eigenvalue weighted by atomic mass is 10.1. The van der Waals surface area contributed by atoms with E-state index in [1.807, 2.05) is 0 Å². The van der Waals surface area contributed by atoms with Gasteiger partial charge in [-0.1, -0.05) is 12.1 Å². The summed E-state index contributed by atoms with van der Waals surface area (Å²) in [5, 5.41) is 2.81. The normalized spacial score (nSPS) is 16.0. The van der Waals surface area contributed by atoms with Gasteiger partial charge in [0.05, 0.1) is 7.11 Å². The molecular formula is C19H27F2N3O3. The second-order valence-electron chi connectivity index (χ2n) is 6.38. The third-order valence-corrected chi connectivity index (χ3v) is 4.40. The summed E-state index contributed by atoms with van der Waals surface area (Å²) in [7, 11) is 3.48. The number of benzene rings is 1. The molecule has 1 N–H and O–H groups in total. The summed E-state index contributed by atoms with van der Waals surface area (Å²) in [6, 6.07) is 4.75. The van der Waals surface area contributed by atoms with Crippen molar-refractivity contribution in [3.05, 3.63) is 29.8 Å². The number of carbonyl (C=O) groups excluding carboxylic acids is 1. The molecule has 27 heavy (non-hydrogen) atoms. The summed E-state index contributed by atoms with van der Waals surface area (Å²) in [5.74, 6) is -0.182. The van der Waals surface area contributed by atoms with E-state index in [0.29, 0.717) is 12.1 Å². The van der Waals surface area contributed by atoms with Gasteiger partial charge in [-0.25, -0.2) is 0 Å². The number of methoxy groups -OCH3 is 1. The van der Waals surface area contributed by atoms with E-state index in [4.69, 9.17) is 4.74 Å². The van der Waals surface area contributed by atoms with Crippen LogP contribution in [0.25, 0.3) is 6.08 Å². The zero-order valence-corrected chi connectivity index (χ0v) is 15.8. The Labute approximate surface area is 158 Å². The molecule has 6 nitrogen and oxygen atoms in total. The monoisotopic (exact) mass is 383 g/mol. The SMILES string of the molecule is COc1cccc(C=CC(=O)NCCCN2CCN(C)CC2)c1OC(F)F. The maximum absolute atomic E-state index is 12.6. The molecule has 1 aliphatic heterocycles. The fourth-order valence-electron chi connectivity index (χ4n) is 2.85. The van der Waals surface area contributed by atoms with Crippen LogP contribution in [-0.4, -0.2) is 75.7 Å². The Morgan fingerprint density at radius 2 is 2.04 bits per heavy atom. The molecule has 150 valence electrons. The van der Waals surface area contributed by atoms with E-state index >= 15 is 0 Å². The molecular weight excluding hydrogens is 356 g/mol. The first-order valence-electron chi connectivity index (χ1n) is 8.98. The van der Waals surface area contributed by atoms with Gasteiger partial charge in [-0.15, -0.1) is 0 Å². The average Bonchev–Trinajstić information content (AvgIpc) is 2.65. The quantitative estimate of drug-likeness (QED) is 0.523. The number of carbonyl (C=O) groups is 1. The van der Waals surface area contributed by atoms with E-state index in [-0.39, 0.29) is 17.4 Å². The maximum atomic E-state index is 12.6. The predicted molar refractivity (Wildman–Crippen MR) is 100 cm³/mol. The van der Waals surface area contributed by atoms with Crippen molar-refractivity contribution in [1.82, 2.24) is 15.1 Å². The van der Waals surface area contributed by atoms with Crippen molar-refractivity contribution in [3.63, 3.8) is 0 Å². The molecule has 0 saturated carbocycles. The number of nitrogens with one attached hydrogen (secondary N) is 1. The van der Waals surface area contributed by atoms with Crippen molar-refractivity contribution in [2.45, 2.75) is 13.0 Å². The molecule has 0 atom stereocenters. The number of ether oxygens (including phenoxy) is 2. The number of halogens is 2. The first-order chi connectivity index (χ1) is 13.0. The lowest BCUT2D eigenvalue weighted by Crippen LogP contribution is -2.45. The molecule has 0 aromatic heterocycles. The summed E-state index contributed by atoms with van der Waals surface area (Å²) in [6.45, 7) is 2.77. The van der Waals surface area contributed by atoms with Crippen LogP contribution in [0.15, 0.2) is 24.3 Å². The predicted octanol–water partition coefficient (Wildman–Crippen LogP) is 2.06. The average molecular weight is 383 g/mol. The molecule has 0 unspecified atom stereocenters. The van der Waals surface area contributed by atoms with E-state index in [1.54, 1.807) is 12.1 Å². The van der Waals surface area contributed by atoms with Crippen molar-refractivity contribution in [2.75, 3.05) is 53.4 Å². The topological polar surface area (TPSA) is 54.0 Å². The fraction of sp³-hybridized carbons (Fsp3) is 0.526. The third kappa shape index (κ3) is 7.15. The Kier molecular flexibility index (Phi) is 8.47. The van der Waals surface area contributed by atoms with Crippen LogP contribution in [0.3, 0.4) is 0 Å². The van der Waals surface area contributed by atoms with E-state index in [1.165, 1.54) is 25.3 Å². The molecule has 0 radical (unpaired) electrons. The molecule has 1 aromatic carbocycles. The second-order valence-corrected chi connectivity index (χ2v) is 6.38. The highest BCUT2D eigenvalue weighted by molar-refractivity contribution is 5.92. The highest BCUT2D eigenvalue weighted by Crippen LogP contribution is 2.33. The summed E-state index contributed by atoms with van der Waals surface area (Å²) >= 11 is 0. The number of amides is 1. The summed E-state index contributed by atoms with van der Waals surface area (Å²) in [4.78, 5) is 16.6. The summed E-state index contributed by atoms with van der Waals surface area (Å²) in [6.07, 6.45) is 3.61. The maximum Gasteiger partial charge on any atom is 0.387 e. The van der Waals surface area contributed by atoms with Crippen molar-refractivity contribution < 1.29 is 23.0 Å². The molecule has 0 bridgehead atoms. The van der Waals surface area contributed by atoms with Gasteiger partial charge >= 0.3 is 6.61 Å². The largest absolute Gasteiger partial charge is 0.493 e. The number of hydrogen-bond donors (Lipinski definition) is 1. The van der Waals surface area contributed by atoms with Gasteiger partial charge in [-0.05, 0) is 32.2 Å². The molecule has 1 heterocycles. The van der Waals surface area contributed by atoms with Crippen LogP contribution in [0.5, 0.6) is 11.5 Å². The standard InChI is InChI=1S/C19H27F2N3O3/c1-23-11-13-24(14-12-23)10-4-9-22-17(25)8-7-15-5-3-6-16(26-2)18(15)27-19(20)21/h3,5-8,19H,4,9-14H2,1-2H3,(H,22,25). The van der Waals surface area contributed by atoms with Gasteiger partial charge in [0.25, 0.3) is 0 Å². The highest BCUT2D eigenvalue weighted by atomic mass is 19.3. The molecule has 8 heteroatoms. The first-order valence-corrected chi connectivity index (χ1v) is 8.98. The van der Waals surface area contributed by atoms with Crippen LogP contribution < -0.4 is 14.8 Å². The minimum atomic E-state index is -2.98. The lowest BCUT2D eigenvalue weighted by molar-refractivity contribution is -0.116. The van der Waals surface area contributed by atoms with E-state index in [0.717, 1.165) is 39.1 Å². The fourth-order valence-corrected chi connectivity index (χ4v) is 2.85. The first kappa shape index (κ1) is 21.1. The Morgan fingerprint density at radius 3 is 2.70 bits per heavy atom. The number of para-hydroxylation sites is 1. The Balaban J connectivity index is 1.80. The molecule has 0 spiro atoms. The zero-order chi connectivity index (χ0) is 19.6. The van der Waals surface area contributed by atoms with Crippen LogP contribution in [0.4, 0.5) is 8.78 Å². The molecule has 2 rings (SSSR count). The smallest absolute Gasteiger partial charge is 0.387 e. The van der Waals surface area contributed by atoms with Gasteiger partial charge in [0.1, 0.15) is 0 Å². The van der Waals surface area contributed by atoms with Gasteiger partial charge in [-0.3, -0.25) is 4.79 Å². The van der Waals surface area contributed by atoms with Crippen LogP contribution in [0.1, 0.15) is 12.0 Å². The number of hydrogen-bond acceptors (Lipinski definition) is 5. The molecule has 0 aliphatic carbocycles. The van der Waals surface area contributed by atoms with Gasteiger partial charge in [0.2, 0.25) is 5.91 Å². The van der Waals surface area contributed by atoms with Crippen LogP contribution in [0.2, 0.25) is 0 Å². The number of likely N-dealkylation sites (N-methyl/N-ethyl adjacent to an activating group) is 1. The van der Waals surface area contributed by atoms with E-state index in [9.17, 15) is 13.6 Å². The number of rotatable bonds is 9. The van der Waals surface area contributed by atoms with Gasteiger partial charge in [0.15, 0.2) is 11.5 Å². The molecule has 1 amide bonds. The Bertz CT molecular complexity index is 633. The zero-order valence-electron chi connectivity index (χ0n) is 15.8. The Morgan fingerprint density at radius 1 is 1.30 bits per heavy atom. The van der Waals surface area contributed by atoms with Crippen molar-refractivity contribution in [3.8, 4) is 11.5 Å². The van der Waals surface area contributed by atoms with Crippen LogP contribution in [-0.2, 0) is 4.79 Å². The lowest BCUT2D eigenvalue weighted by Gasteiger charge is -2.32. The summed E-state index contributed by atoms with van der Waals surface area (Å²) in [5.41, 5.74) is 0.349. The van der Waals surface area contributed by atoms with Gasteiger partial charge in [0, 0.05) is 44.4 Å². The molecule has 1 saturated heterocycles. The van der Waals surface area contributed by atoms with E-state index < -0.39 is 6.61 Å². The van der Waals surface area contributed by atoms with Crippen LogP contribution >= 0.6 is 0 Å². The molecule has 1 aliphatic rings. The van der Waals surface area contributed by atoms with Gasteiger partial charge < -0.3 is 24.6 Å². The van der Waals surface area contributed by atoms with Crippen molar-refractivity contribution in [2.24, 2.45) is 0 Å². The summed E-state index contributed by atoms with van der Waals surface area (Å²) < 4.78 is 34.8. The number of alkyl halides is 2. The second kappa shape index (κ2) is 10.8. The van der Waals surface area contributed by atoms with Gasteiger partial charge in [-0.2, -0.15) is 8.78 Å². The van der Waals surface area contributed by atoms with Crippen molar-refractivity contribution in [1.29, 1.82) is 0 Å². The van der Waals surface area contributed by atoms with Crippen LogP contribution in [0, 0.1) is 0 Å². The third-order valence-electron chi connectivity index (χ3n) is 4.40. The Hall–Kier alpha value is -2.19. The number of nitrogens with zero attached hydrogens (tertiary/aromatic N) is 2. The minimum Gasteiger partial charge on any atom is -0.493 e. The van der Waals surface area contributed by atoms with E-state index in [2.05, 4.69) is 26.9 Å². The van der Waals surface area contributed by atoms with Crippen molar-refractivity contribution >= 4 is 12.0 Å². The minimum absolute atomic E-state index is 0.0888. The highest BCUT2D eigenvalue weighted by Gasteiger charge is 2.14. The number of piperazine rings is 1. The molecule has 1 aromatic rings. The molecule has 1 fully saturated rings.